The Morgan fingerprint density at radius 2 is 2.40 bits per heavy atom. The van der Waals surface area contributed by atoms with Crippen LogP contribution in [0.15, 0.2) is 18.3 Å². The predicted molar refractivity (Wildman–Crippen MR) is 78.9 cm³/mol. The quantitative estimate of drug-likeness (QED) is 0.808. The number of aromatic nitrogens is 3. The molecule has 0 aromatic carbocycles. The maximum absolute atomic E-state index is 6.01. The van der Waals surface area contributed by atoms with Crippen LogP contribution in [0.25, 0.3) is 11.2 Å². The van der Waals surface area contributed by atoms with Gasteiger partial charge in [-0.15, -0.1) is 11.6 Å². The van der Waals surface area contributed by atoms with Crippen molar-refractivity contribution in [1.29, 1.82) is 0 Å². The fraction of sp³-hybridized carbons (Fsp3) is 0.571. The van der Waals surface area contributed by atoms with Gasteiger partial charge in [-0.1, -0.05) is 6.92 Å². The van der Waals surface area contributed by atoms with Crippen LogP contribution in [-0.4, -0.2) is 51.8 Å². The Kier molecular flexibility index (Phi) is 4.19. The summed E-state index contributed by atoms with van der Waals surface area (Å²) in [7, 11) is 0. The molecule has 20 heavy (non-hydrogen) atoms. The first kappa shape index (κ1) is 13.8. The van der Waals surface area contributed by atoms with Crippen LogP contribution in [0, 0.1) is 0 Å². The van der Waals surface area contributed by atoms with Gasteiger partial charge in [-0.3, -0.25) is 4.90 Å². The van der Waals surface area contributed by atoms with Gasteiger partial charge in [0.05, 0.1) is 25.1 Å². The van der Waals surface area contributed by atoms with E-state index in [-0.39, 0.29) is 6.10 Å². The highest BCUT2D eigenvalue weighted by atomic mass is 35.5. The molecule has 2 aromatic heterocycles. The number of ether oxygens (including phenoxy) is 1. The highest BCUT2D eigenvalue weighted by Crippen LogP contribution is 2.17. The van der Waals surface area contributed by atoms with Crippen molar-refractivity contribution in [3.05, 3.63) is 24.2 Å². The number of rotatable bonds is 4. The van der Waals surface area contributed by atoms with Gasteiger partial charge in [0.1, 0.15) is 11.3 Å². The topological polar surface area (TPSA) is 43.2 Å². The molecule has 3 rings (SSSR count). The highest BCUT2D eigenvalue weighted by molar-refractivity contribution is 6.16. The molecule has 0 saturated carbocycles. The van der Waals surface area contributed by atoms with Gasteiger partial charge in [0.2, 0.25) is 0 Å². The van der Waals surface area contributed by atoms with Crippen LogP contribution in [0.3, 0.4) is 0 Å². The fourth-order valence-corrected chi connectivity index (χ4v) is 2.88. The lowest BCUT2D eigenvalue weighted by Gasteiger charge is -2.32. The summed E-state index contributed by atoms with van der Waals surface area (Å²) in [5, 5.41) is 0. The van der Waals surface area contributed by atoms with Gasteiger partial charge in [0.25, 0.3) is 0 Å². The van der Waals surface area contributed by atoms with E-state index in [4.69, 9.17) is 16.3 Å². The SMILES string of the molecule is CCN1CCOC(Cn2c(CCl)nc3cccnc32)C1. The van der Waals surface area contributed by atoms with Crippen LogP contribution in [0.5, 0.6) is 0 Å². The minimum atomic E-state index is 0.171. The molecule has 0 bridgehead atoms. The Balaban J connectivity index is 1.86. The van der Waals surface area contributed by atoms with E-state index in [9.17, 15) is 0 Å². The van der Waals surface area contributed by atoms with Gasteiger partial charge < -0.3 is 9.30 Å². The van der Waals surface area contributed by atoms with Crippen molar-refractivity contribution in [3.63, 3.8) is 0 Å². The Labute approximate surface area is 123 Å². The number of halogens is 1. The molecule has 1 atom stereocenters. The zero-order valence-electron chi connectivity index (χ0n) is 11.6. The van der Waals surface area contributed by atoms with Crippen molar-refractivity contribution in [1.82, 2.24) is 19.4 Å². The van der Waals surface area contributed by atoms with E-state index in [2.05, 4.69) is 26.4 Å². The normalized spacial score (nSPS) is 20.6. The summed E-state index contributed by atoms with van der Waals surface area (Å²) in [6.07, 6.45) is 1.96. The molecule has 1 fully saturated rings. The summed E-state index contributed by atoms with van der Waals surface area (Å²) in [5.74, 6) is 1.25. The van der Waals surface area contributed by atoms with Gasteiger partial charge >= 0.3 is 0 Å². The summed E-state index contributed by atoms with van der Waals surface area (Å²) >= 11 is 6.01. The summed E-state index contributed by atoms with van der Waals surface area (Å²) in [6, 6.07) is 3.86. The third kappa shape index (κ3) is 2.66. The maximum atomic E-state index is 6.01. The van der Waals surface area contributed by atoms with Crippen molar-refractivity contribution < 1.29 is 4.74 Å². The van der Waals surface area contributed by atoms with Crippen LogP contribution in [0.1, 0.15) is 12.7 Å². The monoisotopic (exact) mass is 294 g/mol. The molecule has 2 aromatic rings. The molecule has 5 nitrogen and oxygen atoms in total. The van der Waals surface area contributed by atoms with Crippen molar-refractivity contribution in [3.8, 4) is 0 Å². The summed E-state index contributed by atoms with van der Waals surface area (Å²) in [6.45, 7) is 6.75. The molecule has 0 radical (unpaired) electrons. The molecule has 1 unspecified atom stereocenters. The molecule has 108 valence electrons. The molecule has 0 amide bonds. The molecule has 1 saturated heterocycles. The van der Waals surface area contributed by atoms with Crippen LogP contribution in [-0.2, 0) is 17.2 Å². The fourth-order valence-electron chi connectivity index (χ4n) is 2.68. The average Bonchev–Trinajstić information content (AvgIpc) is 2.85. The predicted octanol–water partition coefficient (Wildman–Crippen LogP) is 1.89. The van der Waals surface area contributed by atoms with Gasteiger partial charge in [-0.2, -0.15) is 0 Å². The van der Waals surface area contributed by atoms with E-state index in [0.29, 0.717) is 5.88 Å². The third-order valence-electron chi connectivity index (χ3n) is 3.76. The van der Waals surface area contributed by atoms with Crippen LogP contribution >= 0.6 is 11.6 Å². The van der Waals surface area contributed by atoms with E-state index in [1.54, 1.807) is 6.20 Å². The minimum absolute atomic E-state index is 0.171. The van der Waals surface area contributed by atoms with E-state index in [0.717, 1.165) is 49.8 Å². The number of imidazole rings is 1. The summed E-state index contributed by atoms with van der Waals surface area (Å²) in [5.41, 5.74) is 1.78. The van der Waals surface area contributed by atoms with Gasteiger partial charge in [-0.05, 0) is 18.7 Å². The molecule has 0 N–H and O–H groups in total. The van der Waals surface area contributed by atoms with E-state index < -0.39 is 0 Å². The molecule has 0 spiro atoms. The average molecular weight is 295 g/mol. The van der Waals surface area contributed by atoms with Crippen LogP contribution in [0.4, 0.5) is 0 Å². The molecular formula is C14H19ClN4O. The second-order valence-electron chi connectivity index (χ2n) is 5.00. The molecule has 6 heteroatoms. The highest BCUT2D eigenvalue weighted by Gasteiger charge is 2.22. The number of hydrogen-bond acceptors (Lipinski definition) is 4. The van der Waals surface area contributed by atoms with Crippen LogP contribution < -0.4 is 0 Å². The Bertz CT molecular complexity index is 586. The first-order valence-corrected chi connectivity index (χ1v) is 7.55. The van der Waals surface area contributed by atoms with Crippen LogP contribution in [0.2, 0.25) is 0 Å². The Morgan fingerprint density at radius 1 is 1.50 bits per heavy atom. The maximum Gasteiger partial charge on any atom is 0.160 e. The second-order valence-corrected chi connectivity index (χ2v) is 5.27. The lowest BCUT2D eigenvalue weighted by molar-refractivity contribution is -0.0341. The Morgan fingerprint density at radius 3 is 3.20 bits per heavy atom. The van der Waals surface area contributed by atoms with E-state index >= 15 is 0 Å². The van der Waals surface area contributed by atoms with Gasteiger partial charge in [0.15, 0.2) is 5.65 Å². The van der Waals surface area contributed by atoms with Crippen molar-refractivity contribution in [2.24, 2.45) is 0 Å². The summed E-state index contributed by atoms with van der Waals surface area (Å²) < 4.78 is 7.96. The smallest absolute Gasteiger partial charge is 0.160 e. The number of morpholine rings is 1. The first-order chi connectivity index (χ1) is 9.81. The van der Waals surface area contributed by atoms with Crippen molar-refractivity contribution >= 4 is 22.8 Å². The number of nitrogens with zero attached hydrogens (tertiary/aromatic N) is 4. The zero-order valence-corrected chi connectivity index (χ0v) is 12.4. The number of likely N-dealkylation sites (N-methyl/N-ethyl adjacent to an activating group) is 1. The Hall–Kier alpha value is -1.17. The number of alkyl halides is 1. The van der Waals surface area contributed by atoms with E-state index in [1.165, 1.54) is 0 Å². The molecular weight excluding hydrogens is 276 g/mol. The second kappa shape index (κ2) is 6.08. The largest absolute Gasteiger partial charge is 0.374 e. The first-order valence-electron chi connectivity index (χ1n) is 7.02. The minimum Gasteiger partial charge on any atom is -0.374 e. The van der Waals surface area contributed by atoms with E-state index in [1.807, 2.05) is 12.1 Å². The number of pyridine rings is 1. The molecule has 0 aliphatic carbocycles. The van der Waals surface area contributed by atoms with Crippen molar-refractivity contribution in [2.75, 3.05) is 26.2 Å². The standard InChI is InChI=1S/C14H19ClN4O/c1-2-18-6-7-20-11(9-18)10-19-13(8-15)17-12-4-3-5-16-14(12)19/h3-5,11H,2,6-10H2,1H3. The summed E-state index contributed by atoms with van der Waals surface area (Å²) in [4.78, 5) is 11.4. The number of hydrogen-bond donors (Lipinski definition) is 0. The molecule has 1 aliphatic rings. The molecule has 3 heterocycles. The van der Waals surface area contributed by atoms with Gasteiger partial charge in [-0.25, -0.2) is 9.97 Å². The van der Waals surface area contributed by atoms with Crippen molar-refractivity contribution in [2.45, 2.75) is 25.5 Å². The lowest BCUT2D eigenvalue weighted by atomic mass is 10.2. The molecule has 1 aliphatic heterocycles. The third-order valence-corrected chi connectivity index (χ3v) is 4.00. The lowest BCUT2D eigenvalue weighted by Crippen LogP contribution is -2.44. The number of fused-ring (bicyclic) bond motifs is 1. The van der Waals surface area contributed by atoms with Gasteiger partial charge in [0, 0.05) is 19.3 Å². The zero-order chi connectivity index (χ0) is 13.9.